The van der Waals surface area contributed by atoms with Crippen LogP contribution in [0.1, 0.15) is 33.6 Å². The quantitative estimate of drug-likeness (QED) is 0.774. The molecule has 0 aromatic carbocycles. The van der Waals surface area contributed by atoms with Crippen molar-refractivity contribution in [3.63, 3.8) is 0 Å². The Balaban J connectivity index is 2.87. The molecule has 0 saturated carbocycles. The van der Waals surface area contributed by atoms with Gasteiger partial charge >= 0.3 is 0 Å². The van der Waals surface area contributed by atoms with Gasteiger partial charge in [0.15, 0.2) is 0 Å². The highest BCUT2D eigenvalue weighted by Gasteiger charge is 2.30. The fourth-order valence-electron chi connectivity index (χ4n) is 2.51. The van der Waals surface area contributed by atoms with Gasteiger partial charge in [0.2, 0.25) is 0 Å². The number of hydrogen-bond acceptors (Lipinski definition) is 2. The summed E-state index contributed by atoms with van der Waals surface area (Å²) in [5.41, 5.74) is 2.53. The predicted octanol–water partition coefficient (Wildman–Crippen LogP) is 2.81. The average Bonchev–Trinajstić information content (AvgIpc) is 2.53. The van der Waals surface area contributed by atoms with E-state index in [-0.39, 0.29) is 6.61 Å². The van der Waals surface area contributed by atoms with Gasteiger partial charge in [-0.05, 0) is 36.8 Å². The van der Waals surface area contributed by atoms with Gasteiger partial charge in [-0.2, -0.15) is 0 Å². The molecule has 92 valence electrons. The Morgan fingerprint density at radius 3 is 2.56 bits per heavy atom. The second-order valence-corrected chi connectivity index (χ2v) is 4.93. The van der Waals surface area contributed by atoms with E-state index in [9.17, 15) is 5.11 Å². The highest BCUT2D eigenvalue weighted by molar-refractivity contribution is 5.33. The molecule has 0 amide bonds. The largest absolute Gasteiger partial charge is 0.396 e. The molecule has 0 aromatic heterocycles. The number of rotatable bonds is 5. The fraction of sp³-hybridized carbons (Fsp3) is 0.714. The third-order valence-electron chi connectivity index (χ3n) is 4.05. The topological polar surface area (TPSA) is 23.5 Å². The minimum absolute atomic E-state index is 0.273. The van der Waals surface area contributed by atoms with Gasteiger partial charge in [-0.3, -0.25) is 0 Å². The number of hydrogen-bond donors (Lipinski definition) is 1. The van der Waals surface area contributed by atoms with Crippen molar-refractivity contribution in [2.75, 3.05) is 13.7 Å². The predicted molar refractivity (Wildman–Crippen MR) is 69.1 cm³/mol. The molecule has 2 heteroatoms. The lowest BCUT2D eigenvalue weighted by Gasteiger charge is -2.29. The summed E-state index contributed by atoms with van der Waals surface area (Å²) in [6.45, 7) is 11.0. The first-order chi connectivity index (χ1) is 7.52. The molecule has 16 heavy (non-hydrogen) atoms. The zero-order valence-corrected chi connectivity index (χ0v) is 11.0. The summed E-state index contributed by atoms with van der Waals surface area (Å²) in [4.78, 5) is 2.21. The fourth-order valence-corrected chi connectivity index (χ4v) is 2.51. The second-order valence-electron chi connectivity index (χ2n) is 4.93. The molecule has 3 unspecified atom stereocenters. The van der Waals surface area contributed by atoms with Gasteiger partial charge in [0.1, 0.15) is 0 Å². The summed E-state index contributed by atoms with van der Waals surface area (Å²) in [6.07, 6.45) is 4.23. The van der Waals surface area contributed by atoms with Crippen molar-refractivity contribution >= 4 is 0 Å². The standard InChI is InChI=1S/C14H25NO/c1-6-10(2)13(7-8-16)14-9-11(3)15(5)12(14)4/h9-10,12-13,16H,3,6-8H2,1-2,4-5H3. The van der Waals surface area contributed by atoms with E-state index in [0.29, 0.717) is 17.9 Å². The van der Waals surface area contributed by atoms with Crippen LogP contribution in [0.2, 0.25) is 0 Å². The first kappa shape index (κ1) is 13.3. The highest BCUT2D eigenvalue weighted by atomic mass is 16.3. The van der Waals surface area contributed by atoms with E-state index >= 15 is 0 Å². The third-order valence-corrected chi connectivity index (χ3v) is 4.05. The van der Waals surface area contributed by atoms with E-state index in [0.717, 1.165) is 18.5 Å². The summed E-state index contributed by atoms with van der Waals surface area (Å²) in [6, 6.07) is 0.429. The summed E-state index contributed by atoms with van der Waals surface area (Å²) in [7, 11) is 2.09. The smallest absolute Gasteiger partial charge is 0.0477 e. The first-order valence-electron chi connectivity index (χ1n) is 6.27. The van der Waals surface area contributed by atoms with Crippen LogP contribution in [-0.4, -0.2) is 29.7 Å². The summed E-state index contributed by atoms with van der Waals surface area (Å²) >= 11 is 0. The molecule has 1 rings (SSSR count). The number of aliphatic hydroxyl groups is 1. The normalized spacial score (nSPS) is 24.6. The van der Waals surface area contributed by atoms with Gasteiger partial charge in [0.05, 0.1) is 0 Å². The number of likely N-dealkylation sites (N-methyl/N-ethyl adjacent to an activating group) is 1. The zero-order valence-electron chi connectivity index (χ0n) is 11.0. The lowest BCUT2D eigenvalue weighted by Crippen LogP contribution is -2.28. The molecule has 0 fully saturated rings. The van der Waals surface area contributed by atoms with Crippen LogP contribution < -0.4 is 0 Å². The lowest BCUT2D eigenvalue weighted by atomic mass is 9.81. The maximum Gasteiger partial charge on any atom is 0.0477 e. The van der Waals surface area contributed by atoms with E-state index < -0.39 is 0 Å². The van der Waals surface area contributed by atoms with Crippen molar-refractivity contribution in [1.82, 2.24) is 4.90 Å². The van der Waals surface area contributed by atoms with Crippen LogP contribution in [0.15, 0.2) is 23.9 Å². The Labute approximate surface area is 99.7 Å². The van der Waals surface area contributed by atoms with Gasteiger partial charge in [-0.1, -0.05) is 26.8 Å². The zero-order chi connectivity index (χ0) is 12.3. The van der Waals surface area contributed by atoms with E-state index in [1.165, 1.54) is 5.57 Å². The highest BCUT2D eigenvalue weighted by Crippen LogP contribution is 2.35. The van der Waals surface area contributed by atoms with Gasteiger partial charge in [0, 0.05) is 25.4 Å². The lowest BCUT2D eigenvalue weighted by molar-refractivity contribution is 0.231. The molecular formula is C14H25NO. The average molecular weight is 223 g/mol. The molecule has 3 atom stereocenters. The molecule has 0 aromatic rings. The SMILES string of the molecule is C=C1C=C(C(CCO)C(C)CC)C(C)N1C. The molecule has 1 aliphatic rings. The van der Waals surface area contributed by atoms with E-state index in [1.54, 1.807) is 0 Å². The molecule has 0 radical (unpaired) electrons. The van der Waals surface area contributed by atoms with Crippen molar-refractivity contribution < 1.29 is 5.11 Å². The minimum atomic E-state index is 0.273. The molecule has 0 bridgehead atoms. The third kappa shape index (κ3) is 2.49. The molecular weight excluding hydrogens is 198 g/mol. The summed E-state index contributed by atoms with van der Waals surface area (Å²) in [5, 5.41) is 9.20. The maximum atomic E-state index is 9.20. The van der Waals surface area contributed by atoms with Gasteiger partial charge in [0.25, 0.3) is 0 Å². The molecule has 1 N–H and O–H groups in total. The molecule has 2 nitrogen and oxygen atoms in total. The number of allylic oxidation sites excluding steroid dienone is 1. The minimum Gasteiger partial charge on any atom is -0.396 e. The van der Waals surface area contributed by atoms with Crippen molar-refractivity contribution in [3.8, 4) is 0 Å². The van der Waals surface area contributed by atoms with Crippen molar-refractivity contribution in [1.29, 1.82) is 0 Å². The van der Waals surface area contributed by atoms with Crippen LogP contribution in [0.25, 0.3) is 0 Å². The van der Waals surface area contributed by atoms with Crippen LogP contribution in [0, 0.1) is 11.8 Å². The second kappa shape index (κ2) is 5.53. The maximum absolute atomic E-state index is 9.20. The van der Waals surface area contributed by atoms with E-state index in [1.807, 2.05) is 0 Å². The Morgan fingerprint density at radius 2 is 2.19 bits per heavy atom. The Hall–Kier alpha value is -0.760. The summed E-state index contributed by atoms with van der Waals surface area (Å²) < 4.78 is 0. The van der Waals surface area contributed by atoms with Gasteiger partial charge < -0.3 is 10.0 Å². The van der Waals surface area contributed by atoms with E-state index in [2.05, 4.69) is 45.4 Å². The van der Waals surface area contributed by atoms with Crippen molar-refractivity contribution in [2.24, 2.45) is 11.8 Å². The van der Waals surface area contributed by atoms with Crippen LogP contribution in [-0.2, 0) is 0 Å². The molecule has 1 aliphatic heterocycles. The van der Waals surface area contributed by atoms with Crippen molar-refractivity contribution in [2.45, 2.75) is 39.7 Å². The van der Waals surface area contributed by atoms with Crippen LogP contribution in [0.3, 0.4) is 0 Å². The summed E-state index contributed by atoms with van der Waals surface area (Å²) in [5.74, 6) is 1.12. The van der Waals surface area contributed by atoms with Crippen LogP contribution >= 0.6 is 0 Å². The number of aliphatic hydroxyl groups excluding tert-OH is 1. The molecule has 0 spiro atoms. The van der Waals surface area contributed by atoms with Crippen LogP contribution in [0.4, 0.5) is 0 Å². The van der Waals surface area contributed by atoms with E-state index in [4.69, 9.17) is 0 Å². The Kier molecular flexibility index (Phi) is 4.60. The Morgan fingerprint density at radius 1 is 1.56 bits per heavy atom. The van der Waals surface area contributed by atoms with Crippen LogP contribution in [0.5, 0.6) is 0 Å². The van der Waals surface area contributed by atoms with Gasteiger partial charge in [-0.15, -0.1) is 0 Å². The van der Waals surface area contributed by atoms with Gasteiger partial charge in [-0.25, -0.2) is 0 Å². The monoisotopic (exact) mass is 223 g/mol. The van der Waals surface area contributed by atoms with Crippen molar-refractivity contribution in [3.05, 3.63) is 23.9 Å². The first-order valence-corrected chi connectivity index (χ1v) is 6.27. The number of nitrogens with zero attached hydrogens (tertiary/aromatic N) is 1. The molecule has 0 saturated heterocycles. The molecule has 1 heterocycles. The molecule has 0 aliphatic carbocycles. The Bertz CT molecular complexity index is 282.